The van der Waals surface area contributed by atoms with Crippen LogP contribution in [0.4, 0.5) is 0 Å². The van der Waals surface area contributed by atoms with Gasteiger partial charge in [0.15, 0.2) is 16.5 Å². The second-order valence-electron chi connectivity index (χ2n) is 6.12. The molecule has 0 N–H and O–H groups in total. The fourth-order valence-corrected chi connectivity index (χ4v) is 3.51. The molecule has 0 saturated carbocycles. The van der Waals surface area contributed by atoms with Crippen molar-refractivity contribution in [2.45, 2.75) is 20.0 Å². The number of benzene rings is 1. The number of rotatable bonds is 4. The van der Waals surface area contributed by atoms with E-state index in [9.17, 15) is 9.59 Å². The van der Waals surface area contributed by atoms with Crippen LogP contribution in [0.5, 0.6) is 11.5 Å². The number of carbonyl (C=O) groups is 1. The third-order valence-corrected chi connectivity index (χ3v) is 4.82. The molecule has 0 amide bonds. The molecule has 3 heterocycles. The fraction of sp³-hybridized carbons (Fsp3) is 0.263. The Bertz CT molecular complexity index is 1120. The third-order valence-electron chi connectivity index (χ3n) is 3.94. The Hall–Kier alpha value is -3.20. The molecule has 0 fully saturated rings. The Morgan fingerprint density at radius 3 is 2.96 bits per heavy atom. The molecule has 144 valence electrons. The number of aryl methyl sites for hydroxylation is 1. The van der Waals surface area contributed by atoms with Gasteiger partial charge in [0.1, 0.15) is 6.61 Å². The van der Waals surface area contributed by atoms with Crippen molar-refractivity contribution in [3.63, 3.8) is 0 Å². The van der Waals surface area contributed by atoms with Crippen molar-refractivity contribution in [3.05, 3.63) is 57.0 Å². The zero-order valence-electron chi connectivity index (χ0n) is 15.1. The number of nitrogens with zero attached hydrogens (tertiary/aromatic N) is 3. The largest absolute Gasteiger partial charge is 0.490 e. The normalized spacial score (nSPS) is 13.6. The minimum absolute atomic E-state index is 0.0309. The van der Waals surface area contributed by atoms with Gasteiger partial charge in [-0.1, -0.05) is 17.4 Å². The van der Waals surface area contributed by atoms with Crippen LogP contribution < -0.4 is 15.0 Å². The van der Waals surface area contributed by atoms with E-state index in [0.29, 0.717) is 40.4 Å². The Labute approximate surface area is 164 Å². The summed E-state index contributed by atoms with van der Waals surface area (Å²) in [6, 6.07) is 6.88. The second kappa shape index (κ2) is 7.81. The molecule has 0 aliphatic carbocycles. The van der Waals surface area contributed by atoms with Crippen LogP contribution in [0.15, 0.2) is 35.1 Å². The molecule has 0 radical (unpaired) electrons. The lowest BCUT2D eigenvalue weighted by atomic mass is 10.2. The molecule has 28 heavy (non-hydrogen) atoms. The summed E-state index contributed by atoms with van der Waals surface area (Å²) in [5, 5.41) is 4.62. The lowest BCUT2D eigenvalue weighted by Gasteiger charge is -2.07. The van der Waals surface area contributed by atoms with E-state index in [1.54, 1.807) is 13.0 Å². The summed E-state index contributed by atoms with van der Waals surface area (Å²) in [6.45, 7) is 2.94. The monoisotopic (exact) mass is 399 g/mol. The Morgan fingerprint density at radius 1 is 1.29 bits per heavy atom. The van der Waals surface area contributed by atoms with Crippen LogP contribution >= 0.6 is 11.3 Å². The molecular formula is C19H17N3O5S. The highest BCUT2D eigenvalue weighted by Crippen LogP contribution is 2.30. The van der Waals surface area contributed by atoms with Gasteiger partial charge in [-0.05, 0) is 30.7 Å². The summed E-state index contributed by atoms with van der Waals surface area (Å²) in [4.78, 5) is 28.6. The van der Waals surface area contributed by atoms with Gasteiger partial charge in [0.05, 0.1) is 13.2 Å². The van der Waals surface area contributed by atoms with Gasteiger partial charge in [-0.25, -0.2) is 9.78 Å². The van der Waals surface area contributed by atoms with Crippen LogP contribution in [0, 0.1) is 6.92 Å². The first-order chi connectivity index (χ1) is 13.6. The summed E-state index contributed by atoms with van der Waals surface area (Å²) in [5.74, 6) is 0.853. The van der Waals surface area contributed by atoms with Crippen LogP contribution in [0.2, 0.25) is 0 Å². The van der Waals surface area contributed by atoms with Crippen molar-refractivity contribution < 1.29 is 19.0 Å². The molecule has 0 bridgehead atoms. The third kappa shape index (κ3) is 4.04. The summed E-state index contributed by atoms with van der Waals surface area (Å²) in [5.41, 5.74) is 1.16. The van der Waals surface area contributed by atoms with E-state index in [4.69, 9.17) is 14.2 Å². The molecule has 3 aromatic rings. The number of hydrogen-bond donors (Lipinski definition) is 0. The first-order valence-corrected chi connectivity index (χ1v) is 9.51. The van der Waals surface area contributed by atoms with E-state index in [0.717, 1.165) is 12.0 Å². The van der Waals surface area contributed by atoms with Gasteiger partial charge < -0.3 is 14.2 Å². The van der Waals surface area contributed by atoms with E-state index in [-0.39, 0.29) is 12.2 Å². The standard InChI is InChI=1S/C19H17N3O5S/c1-12-9-17(23)22-19(20-12)28-16(21-22)11-27-18(24)6-4-13-3-5-14-15(10-13)26-8-2-7-25-14/h3-6,9-10H,2,7-8,11H2,1H3/b6-4+. The lowest BCUT2D eigenvalue weighted by molar-refractivity contribution is -0.138. The van der Waals surface area contributed by atoms with Crippen molar-refractivity contribution in [2.24, 2.45) is 0 Å². The van der Waals surface area contributed by atoms with E-state index in [1.807, 2.05) is 18.2 Å². The summed E-state index contributed by atoms with van der Waals surface area (Å²) in [7, 11) is 0. The summed E-state index contributed by atoms with van der Waals surface area (Å²) >= 11 is 1.21. The molecule has 0 atom stereocenters. The van der Waals surface area contributed by atoms with Crippen molar-refractivity contribution in [1.29, 1.82) is 0 Å². The van der Waals surface area contributed by atoms with Gasteiger partial charge in [0, 0.05) is 24.3 Å². The van der Waals surface area contributed by atoms with E-state index in [1.165, 1.54) is 28.0 Å². The molecule has 0 spiro atoms. The van der Waals surface area contributed by atoms with Crippen molar-refractivity contribution >= 4 is 28.3 Å². The van der Waals surface area contributed by atoms with E-state index >= 15 is 0 Å². The van der Waals surface area contributed by atoms with Crippen molar-refractivity contribution in [3.8, 4) is 11.5 Å². The van der Waals surface area contributed by atoms with Crippen molar-refractivity contribution in [2.75, 3.05) is 13.2 Å². The smallest absolute Gasteiger partial charge is 0.331 e. The highest BCUT2D eigenvalue weighted by atomic mass is 32.1. The maximum atomic E-state index is 12.0. The SMILES string of the molecule is Cc1cc(=O)n2nc(COC(=O)/C=C/c3ccc4c(c3)OCCCO4)sc2n1. The molecule has 0 unspecified atom stereocenters. The topological polar surface area (TPSA) is 92.0 Å². The zero-order chi connectivity index (χ0) is 19.5. The molecular weight excluding hydrogens is 382 g/mol. The molecule has 4 rings (SSSR count). The molecule has 1 aliphatic rings. The fourth-order valence-electron chi connectivity index (χ4n) is 2.65. The average Bonchev–Trinajstić information content (AvgIpc) is 2.94. The maximum Gasteiger partial charge on any atom is 0.331 e. The molecule has 0 saturated heterocycles. The number of esters is 1. The second-order valence-corrected chi connectivity index (χ2v) is 7.16. The number of hydrogen-bond acceptors (Lipinski definition) is 8. The lowest BCUT2D eigenvalue weighted by Crippen LogP contribution is -2.14. The van der Waals surface area contributed by atoms with Gasteiger partial charge >= 0.3 is 5.97 Å². The average molecular weight is 399 g/mol. The van der Waals surface area contributed by atoms with Crippen LogP contribution in [0.1, 0.15) is 22.7 Å². The summed E-state index contributed by atoms with van der Waals surface area (Å²) in [6.07, 6.45) is 3.81. The van der Waals surface area contributed by atoms with Gasteiger partial charge in [0.2, 0.25) is 4.96 Å². The van der Waals surface area contributed by atoms with Crippen LogP contribution in [0.25, 0.3) is 11.0 Å². The molecule has 8 nitrogen and oxygen atoms in total. The highest BCUT2D eigenvalue weighted by Gasteiger charge is 2.11. The first-order valence-electron chi connectivity index (χ1n) is 8.69. The van der Waals surface area contributed by atoms with E-state index in [2.05, 4.69) is 10.1 Å². The Balaban J connectivity index is 1.40. The molecule has 9 heteroatoms. The minimum Gasteiger partial charge on any atom is -0.490 e. The van der Waals surface area contributed by atoms with Crippen LogP contribution in [0.3, 0.4) is 0 Å². The molecule has 2 aromatic heterocycles. The highest BCUT2D eigenvalue weighted by molar-refractivity contribution is 7.16. The van der Waals surface area contributed by atoms with Gasteiger partial charge in [-0.15, -0.1) is 0 Å². The van der Waals surface area contributed by atoms with Gasteiger partial charge in [-0.3, -0.25) is 4.79 Å². The summed E-state index contributed by atoms with van der Waals surface area (Å²) < 4.78 is 17.6. The molecule has 1 aliphatic heterocycles. The van der Waals surface area contributed by atoms with Crippen LogP contribution in [-0.2, 0) is 16.1 Å². The minimum atomic E-state index is -0.511. The molecule has 1 aromatic carbocycles. The predicted octanol–water partition coefficient (Wildman–Crippen LogP) is 2.38. The number of fused-ring (bicyclic) bond motifs is 2. The number of ether oxygens (including phenoxy) is 3. The predicted molar refractivity (Wildman–Crippen MR) is 103 cm³/mol. The van der Waals surface area contributed by atoms with Gasteiger partial charge in [-0.2, -0.15) is 9.61 Å². The number of carbonyl (C=O) groups excluding carboxylic acids is 1. The number of aromatic nitrogens is 3. The Morgan fingerprint density at radius 2 is 2.11 bits per heavy atom. The van der Waals surface area contributed by atoms with Gasteiger partial charge in [0.25, 0.3) is 5.56 Å². The van der Waals surface area contributed by atoms with Crippen molar-refractivity contribution in [1.82, 2.24) is 14.6 Å². The Kier molecular flexibility index (Phi) is 5.07. The zero-order valence-corrected chi connectivity index (χ0v) is 15.9. The first kappa shape index (κ1) is 18.2. The quantitative estimate of drug-likeness (QED) is 0.491. The van der Waals surface area contributed by atoms with E-state index < -0.39 is 5.97 Å². The maximum absolute atomic E-state index is 12.0. The van der Waals surface area contributed by atoms with Crippen LogP contribution in [-0.4, -0.2) is 33.8 Å².